The molecule has 0 atom stereocenters. The van der Waals surface area contributed by atoms with Gasteiger partial charge in [0.25, 0.3) is 0 Å². The van der Waals surface area contributed by atoms with E-state index in [1.165, 1.54) is 0 Å². The topological polar surface area (TPSA) is 105 Å². The molecule has 1 aromatic rings. The Labute approximate surface area is 114 Å². The molecule has 1 rings (SSSR count). The fraction of sp³-hybridized carbons (Fsp3) is 0.182. The summed E-state index contributed by atoms with van der Waals surface area (Å²) in [5.41, 5.74) is -0.109. The van der Waals surface area contributed by atoms with E-state index in [-0.39, 0.29) is 11.3 Å². The third-order valence-corrected chi connectivity index (χ3v) is 2.86. The van der Waals surface area contributed by atoms with Crippen LogP contribution in [0.4, 0.5) is 14.9 Å². The number of hydrogen-bond acceptors (Lipinski definition) is 5. The molecule has 0 fully saturated rings. The fourth-order valence-electron chi connectivity index (χ4n) is 1.15. The standard InChI is InChI=1S/C11H11FN2O5S/c1-19-11(16)14-20(17,18)13-9-4-5-10(12)8(7-9)3-2-6-15/h4-5,7,13,15H,6H2,1H3,(H,14,16). The van der Waals surface area contributed by atoms with E-state index in [2.05, 4.69) is 16.6 Å². The fourth-order valence-corrected chi connectivity index (χ4v) is 1.94. The molecule has 0 saturated carbocycles. The highest BCUT2D eigenvalue weighted by Gasteiger charge is 2.15. The largest absolute Gasteiger partial charge is 0.452 e. The second kappa shape index (κ2) is 6.74. The molecule has 7 nitrogen and oxygen atoms in total. The van der Waals surface area contributed by atoms with Gasteiger partial charge in [-0.05, 0) is 18.2 Å². The molecule has 1 amide bonds. The van der Waals surface area contributed by atoms with Gasteiger partial charge < -0.3 is 9.84 Å². The van der Waals surface area contributed by atoms with Crippen molar-refractivity contribution in [2.75, 3.05) is 18.4 Å². The minimum absolute atomic E-state index is 0.00922. The zero-order valence-corrected chi connectivity index (χ0v) is 11.1. The van der Waals surface area contributed by atoms with Gasteiger partial charge in [-0.3, -0.25) is 4.72 Å². The number of benzene rings is 1. The van der Waals surface area contributed by atoms with Crippen molar-refractivity contribution in [1.29, 1.82) is 0 Å². The predicted octanol–water partition coefficient (Wildman–Crippen LogP) is 0.182. The van der Waals surface area contributed by atoms with E-state index in [0.29, 0.717) is 0 Å². The lowest BCUT2D eigenvalue weighted by Gasteiger charge is -2.08. The quantitative estimate of drug-likeness (QED) is 0.691. The van der Waals surface area contributed by atoms with E-state index in [1.54, 1.807) is 4.72 Å². The number of hydrogen-bond donors (Lipinski definition) is 3. The maximum absolute atomic E-state index is 13.3. The molecule has 0 bridgehead atoms. The van der Waals surface area contributed by atoms with Gasteiger partial charge in [-0.25, -0.2) is 13.9 Å². The van der Waals surface area contributed by atoms with Gasteiger partial charge in [0.2, 0.25) is 0 Å². The monoisotopic (exact) mass is 302 g/mol. The summed E-state index contributed by atoms with van der Waals surface area (Å²) < 4.78 is 44.0. The number of aliphatic hydroxyl groups is 1. The summed E-state index contributed by atoms with van der Waals surface area (Å²) in [6.07, 6.45) is -1.17. The molecule has 9 heteroatoms. The van der Waals surface area contributed by atoms with Crippen LogP contribution in [0.25, 0.3) is 0 Å². The van der Waals surface area contributed by atoms with Crippen molar-refractivity contribution in [3.63, 3.8) is 0 Å². The lowest BCUT2D eigenvalue weighted by molar-refractivity contribution is 0.177. The van der Waals surface area contributed by atoms with Crippen LogP contribution in [0.1, 0.15) is 5.56 Å². The maximum atomic E-state index is 13.3. The number of anilines is 1. The van der Waals surface area contributed by atoms with Crippen LogP contribution >= 0.6 is 0 Å². The number of amides is 1. The first kappa shape index (κ1) is 15.7. The summed E-state index contributed by atoms with van der Waals surface area (Å²) >= 11 is 0. The minimum atomic E-state index is -4.19. The van der Waals surface area contributed by atoms with Gasteiger partial charge in [-0.2, -0.15) is 8.42 Å². The Morgan fingerprint density at radius 2 is 2.20 bits per heavy atom. The highest BCUT2D eigenvalue weighted by atomic mass is 32.2. The molecule has 108 valence electrons. The molecular formula is C11H11FN2O5S. The molecule has 0 saturated heterocycles. The molecule has 3 N–H and O–H groups in total. The molecule has 0 aliphatic carbocycles. The van der Waals surface area contributed by atoms with Crippen molar-refractivity contribution in [3.05, 3.63) is 29.6 Å². The molecule has 20 heavy (non-hydrogen) atoms. The number of ether oxygens (including phenoxy) is 1. The van der Waals surface area contributed by atoms with Crippen molar-refractivity contribution < 1.29 is 27.4 Å². The number of carbonyl (C=O) groups excluding carboxylic acids is 1. The number of nitrogens with one attached hydrogen (secondary N) is 2. The van der Waals surface area contributed by atoms with E-state index >= 15 is 0 Å². The molecule has 1 aromatic carbocycles. The number of carbonyl (C=O) groups is 1. The Kier molecular flexibility index (Phi) is 5.31. The predicted molar refractivity (Wildman–Crippen MR) is 68.4 cm³/mol. The Morgan fingerprint density at radius 3 is 2.80 bits per heavy atom. The first-order chi connectivity index (χ1) is 9.38. The Hall–Kier alpha value is -2.31. The molecule has 0 aromatic heterocycles. The summed E-state index contributed by atoms with van der Waals surface area (Å²) in [6.45, 7) is -0.459. The summed E-state index contributed by atoms with van der Waals surface area (Å²) in [4.78, 5) is 10.8. The highest BCUT2D eigenvalue weighted by molar-refractivity contribution is 7.91. The summed E-state index contributed by atoms with van der Waals surface area (Å²) in [5.74, 6) is 3.88. The molecule has 0 heterocycles. The van der Waals surface area contributed by atoms with Gasteiger partial charge in [-0.15, -0.1) is 0 Å². The highest BCUT2D eigenvalue weighted by Crippen LogP contribution is 2.14. The van der Waals surface area contributed by atoms with Gasteiger partial charge in [0.15, 0.2) is 0 Å². The van der Waals surface area contributed by atoms with E-state index in [4.69, 9.17) is 5.11 Å². The zero-order valence-electron chi connectivity index (χ0n) is 10.3. The van der Waals surface area contributed by atoms with Crippen LogP contribution in [0.15, 0.2) is 18.2 Å². The van der Waals surface area contributed by atoms with Crippen LogP contribution < -0.4 is 9.44 Å². The van der Waals surface area contributed by atoms with Crippen LogP contribution in [-0.2, 0) is 14.9 Å². The van der Waals surface area contributed by atoms with Crippen molar-refractivity contribution in [1.82, 2.24) is 4.72 Å². The second-order valence-electron chi connectivity index (χ2n) is 3.35. The maximum Gasteiger partial charge on any atom is 0.422 e. The normalized spacial score (nSPS) is 10.2. The van der Waals surface area contributed by atoms with Crippen molar-refractivity contribution in [3.8, 4) is 11.8 Å². The van der Waals surface area contributed by atoms with Crippen LogP contribution in [0.3, 0.4) is 0 Å². The summed E-state index contributed by atoms with van der Waals surface area (Å²) in [6, 6.07) is 3.27. The van der Waals surface area contributed by atoms with Crippen LogP contribution in [-0.4, -0.2) is 33.3 Å². The summed E-state index contributed by atoms with van der Waals surface area (Å²) in [5, 5.41) is 8.53. The van der Waals surface area contributed by atoms with Gasteiger partial charge in [0.1, 0.15) is 12.4 Å². The molecule has 0 unspecified atom stereocenters. The SMILES string of the molecule is COC(=O)NS(=O)(=O)Nc1ccc(F)c(C#CCO)c1. The number of rotatable bonds is 3. The average Bonchev–Trinajstić information content (AvgIpc) is 2.38. The molecule has 0 radical (unpaired) electrons. The molecule has 0 aliphatic rings. The van der Waals surface area contributed by atoms with Crippen molar-refractivity contribution in [2.24, 2.45) is 0 Å². The van der Waals surface area contributed by atoms with Gasteiger partial charge in [-0.1, -0.05) is 11.8 Å². The third kappa shape index (κ3) is 4.75. The first-order valence-corrected chi connectivity index (χ1v) is 6.64. The van der Waals surface area contributed by atoms with Crippen molar-refractivity contribution >= 4 is 22.0 Å². The van der Waals surface area contributed by atoms with E-state index < -0.39 is 28.7 Å². The smallest absolute Gasteiger partial charge is 0.422 e. The Balaban J connectivity index is 2.96. The first-order valence-electron chi connectivity index (χ1n) is 5.15. The van der Waals surface area contributed by atoms with Crippen LogP contribution in [0.5, 0.6) is 0 Å². The number of aliphatic hydroxyl groups excluding tert-OH is 1. The van der Waals surface area contributed by atoms with Gasteiger partial charge >= 0.3 is 16.3 Å². The van der Waals surface area contributed by atoms with Gasteiger partial charge in [0.05, 0.1) is 18.4 Å². The lowest BCUT2D eigenvalue weighted by atomic mass is 10.2. The van der Waals surface area contributed by atoms with Crippen LogP contribution in [0, 0.1) is 17.7 Å². The van der Waals surface area contributed by atoms with E-state index in [1.807, 2.05) is 4.72 Å². The van der Waals surface area contributed by atoms with E-state index in [0.717, 1.165) is 25.3 Å². The van der Waals surface area contributed by atoms with E-state index in [9.17, 15) is 17.6 Å². The number of methoxy groups -OCH3 is 1. The zero-order chi connectivity index (χ0) is 15.2. The third-order valence-electron chi connectivity index (χ3n) is 1.92. The van der Waals surface area contributed by atoms with Gasteiger partial charge in [0, 0.05) is 0 Å². The van der Waals surface area contributed by atoms with Crippen LogP contribution in [0.2, 0.25) is 0 Å². The minimum Gasteiger partial charge on any atom is -0.452 e. The average molecular weight is 302 g/mol. The van der Waals surface area contributed by atoms with Crippen molar-refractivity contribution in [2.45, 2.75) is 0 Å². The molecule has 0 spiro atoms. The Bertz CT molecular complexity index is 663. The summed E-state index contributed by atoms with van der Waals surface area (Å²) in [7, 11) is -3.19. The number of halogens is 1. The lowest BCUT2D eigenvalue weighted by Crippen LogP contribution is -2.35. The Morgan fingerprint density at radius 1 is 1.50 bits per heavy atom. The molecule has 0 aliphatic heterocycles. The second-order valence-corrected chi connectivity index (χ2v) is 4.77. The molecular weight excluding hydrogens is 291 g/mol.